The van der Waals surface area contributed by atoms with Crippen LogP contribution in [-0.2, 0) is 0 Å². The lowest BCUT2D eigenvalue weighted by atomic mass is 10.3. The molecule has 0 saturated heterocycles. The van der Waals surface area contributed by atoms with Gasteiger partial charge in [-0.3, -0.25) is 0 Å². The van der Waals surface area contributed by atoms with E-state index in [-0.39, 0.29) is 0 Å². The molecule has 0 amide bonds. The maximum absolute atomic E-state index is 3.17. The number of hydrogen-bond donors (Lipinski definition) is 2. The van der Waals surface area contributed by atoms with Gasteiger partial charge in [0.2, 0.25) is 0 Å². The fourth-order valence-electron chi connectivity index (χ4n) is 1.34. The van der Waals surface area contributed by atoms with E-state index >= 15 is 0 Å². The number of rotatable bonds is 4. The Morgan fingerprint density at radius 1 is 0.562 bits per heavy atom. The van der Waals surface area contributed by atoms with Crippen LogP contribution < -0.4 is 10.6 Å². The van der Waals surface area contributed by atoms with Crippen molar-refractivity contribution in [3.63, 3.8) is 0 Å². The summed E-state index contributed by atoms with van der Waals surface area (Å²) in [5.41, 5.74) is 2.15. The van der Waals surface area contributed by atoms with E-state index in [0.717, 1.165) is 11.4 Å². The molecule has 0 atom stereocenters. The number of para-hydroxylation sites is 2. The van der Waals surface area contributed by atoms with Gasteiger partial charge in [0, 0.05) is 23.8 Å². The van der Waals surface area contributed by atoms with Gasteiger partial charge in [-0.2, -0.15) is 0 Å². The zero-order valence-electron chi connectivity index (χ0n) is 8.93. The third-order valence-corrected chi connectivity index (χ3v) is 2.13. The molecule has 0 spiro atoms. The summed E-state index contributed by atoms with van der Waals surface area (Å²) in [5.74, 6) is 0. The van der Waals surface area contributed by atoms with Gasteiger partial charge >= 0.3 is 0 Å². The summed E-state index contributed by atoms with van der Waals surface area (Å²) in [7, 11) is 0. The molecule has 0 bridgehead atoms. The average molecular weight is 210 g/mol. The molecule has 2 heteroatoms. The van der Waals surface area contributed by atoms with Gasteiger partial charge in [0.15, 0.2) is 0 Å². The Hall–Kier alpha value is -2.22. The molecule has 0 aliphatic heterocycles. The third-order valence-electron chi connectivity index (χ3n) is 2.13. The van der Waals surface area contributed by atoms with Gasteiger partial charge in [0.05, 0.1) is 0 Å². The van der Waals surface area contributed by atoms with Crippen LogP contribution in [0.5, 0.6) is 0 Å². The van der Waals surface area contributed by atoms with Crippen LogP contribution in [0, 0.1) is 0 Å². The summed E-state index contributed by atoms with van der Waals surface area (Å²) in [6.45, 7) is 0. The van der Waals surface area contributed by atoms with Crippen molar-refractivity contribution in [1.29, 1.82) is 0 Å². The molecular formula is C14H14N2. The highest BCUT2D eigenvalue weighted by Gasteiger charge is 1.84. The van der Waals surface area contributed by atoms with Crippen LogP contribution >= 0.6 is 0 Å². The molecular weight excluding hydrogens is 196 g/mol. The van der Waals surface area contributed by atoms with Gasteiger partial charge in [0.1, 0.15) is 0 Å². The van der Waals surface area contributed by atoms with E-state index in [0.29, 0.717) is 0 Å². The zero-order chi connectivity index (χ0) is 11.1. The fourth-order valence-corrected chi connectivity index (χ4v) is 1.34. The Labute approximate surface area is 95.6 Å². The minimum absolute atomic E-state index is 1.08. The number of nitrogens with one attached hydrogen (secondary N) is 2. The van der Waals surface area contributed by atoms with Crippen molar-refractivity contribution in [3.8, 4) is 0 Å². The lowest BCUT2D eigenvalue weighted by Crippen LogP contribution is -1.91. The Balaban J connectivity index is 1.83. The number of hydrogen-bond acceptors (Lipinski definition) is 2. The largest absolute Gasteiger partial charge is 0.360 e. The number of anilines is 2. The van der Waals surface area contributed by atoms with E-state index in [1.807, 2.05) is 73.1 Å². The summed E-state index contributed by atoms with van der Waals surface area (Å²) < 4.78 is 0. The molecule has 0 aromatic heterocycles. The van der Waals surface area contributed by atoms with Crippen LogP contribution in [0.2, 0.25) is 0 Å². The topological polar surface area (TPSA) is 24.1 Å². The Bertz CT molecular complexity index is 391. The van der Waals surface area contributed by atoms with E-state index in [9.17, 15) is 0 Å². The van der Waals surface area contributed by atoms with E-state index in [4.69, 9.17) is 0 Å². The normalized spacial score (nSPS) is 10.2. The first-order chi connectivity index (χ1) is 7.95. The number of benzene rings is 2. The van der Waals surface area contributed by atoms with Crippen LogP contribution in [0.1, 0.15) is 0 Å². The van der Waals surface area contributed by atoms with Crippen molar-refractivity contribution < 1.29 is 0 Å². The first-order valence-electron chi connectivity index (χ1n) is 5.23. The summed E-state index contributed by atoms with van der Waals surface area (Å²) in [5, 5.41) is 6.34. The van der Waals surface area contributed by atoms with Gasteiger partial charge < -0.3 is 10.6 Å². The van der Waals surface area contributed by atoms with Crippen LogP contribution in [-0.4, -0.2) is 0 Å². The Kier molecular flexibility index (Phi) is 3.61. The predicted molar refractivity (Wildman–Crippen MR) is 69.3 cm³/mol. The molecule has 0 aliphatic rings. The van der Waals surface area contributed by atoms with E-state index < -0.39 is 0 Å². The molecule has 16 heavy (non-hydrogen) atoms. The van der Waals surface area contributed by atoms with Crippen LogP contribution in [0.4, 0.5) is 11.4 Å². The second kappa shape index (κ2) is 5.61. The van der Waals surface area contributed by atoms with Crippen molar-refractivity contribution in [2.45, 2.75) is 0 Å². The predicted octanol–water partition coefficient (Wildman–Crippen LogP) is 3.68. The summed E-state index contributed by atoms with van der Waals surface area (Å²) in [4.78, 5) is 0. The van der Waals surface area contributed by atoms with Crippen molar-refractivity contribution in [2.24, 2.45) is 0 Å². The SMILES string of the molecule is C(=C\Nc1ccccc1)/Nc1ccccc1. The maximum Gasteiger partial charge on any atom is 0.0380 e. The molecule has 0 unspecified atom stereocenters. The first-order valence-corrected chi connectivity index (χ1v) is 5.23. The van der Waals surface area contributed by atoms with Gasteiger partial charge in [-0.15, -0.1) is 0 Å². The van der Waals surface area contributed by atoms with E-state index in [1.165, 1.54) is 0 Å². The summed E-state index contributed by atoms with van der Waals surface area (Å²) >= 11 is 0. The molecule has 2 rings (SSSR count). The summed E-state index contributed by atoms with van der Waals surface area (Å²) in [6, 6.07) is 20.1. The third kappa shape index (κ3) is 3.17. The second-order valence-corrected chi connectivity index (χ2v) is 3.35. The molecule has 0 aliphatic carbocycles. The average Bonchev–Trinajstić information content (AvgIpc) is 2.37. The minimum Gasteiger partial charge on any atom is -0.360 e. The Morgan fingerprint density at radius 3 is 1.31 bits per heavy atom. The highest BCUT2D eigenvalue weighted by molar-refractivity contribution is 5.48. The molecule has 2 aromatic carbocycles. The first kappa shape index (κ1) is 10.3. The van der Waals surface area contributed by atoms with Crippen LogP contribution in [0.15, 0.2) is 73.1 Å². The molecule has 0 saturated carbocycles. The highest BCUT2D eigenvalue weighted by Crippen LogP contribution is 2.06. The highest BCUT2D eigenvalue weighted by atomic mass is 14.9. The zero-order valence-corrected chi connectivity index (χ0v) is 8.93. The molecule has 80 valence electrons. The van der Waals surface area contributed by atoms with Gasteiger partial charge in [0.25, 0.3) is 0 Å². The molecule has 2 N–H and O–H groups in total. The van der Waals surface area contributed by atoms with Crippen molar-refractivity contribution in [1.82, 2.24) is 0 Å². The molecule has 0 radical (unpaired) electrons. The lowest BCUT2D eigenvalue weighted by Gasteiger charge is -2.01. The Morgan fingerprint density at radius 2 is 0.938 bits per heavy atom. The quantitative estimate of drug-likeness (QED) is 0.804. The second-order valence-electron chi connectivity index (χ2n) is 3.35. The molecule has 0 heterocycles. The minimum atomic E-state index is 1.08. The van der Waals surface area contributed by atoms with E-state index in [1.54, 1.807) is 0 Å². The smallest absolute Gasteiger partial charge is 0.0380 e. The fraction of sp³-hybridized carbons (Fsp3) is 0. The van der Waals surface area contributed by atoms with Crippen molar-refractivity contribution in [3.05, 3.63) is 73.1 Å². The standard InChI is InChI=1S/C14H14N2/c1-3-7-13(8-4-1)15-11-12-16-14-9-5-2-6-10-14/h1-12,15-16H/b12-11+. The molecule has 2 aromatic rings. The lowest BCUT2D eigenvalue weighted by molar-refractivity contribution is 1.53. The van der Waals surface area contributed by atoms with Gasteiger partial charge in [-0.25, -0.2) is 0 Å². The monoisotopic (exact) mass is 210 g/mol. The van der Waals surface area contributed by atoms with Gasteiger partial charge in [-0.1, -0.05) is 36.4 Å². The van der Waals surface area contributed by atoms with E-state index in [2.05, 4.69) is 10.6 Å². The van der Waals surface area contributed by atoms with Crippen LogP contribution in [0.3, 0.4) is 0 Å². The van der Waals surface area contributed by atoms with Gasteiger partial charge in [-0.05, 0) is 24.3 Å². The van der Waals surface area contributed by atoms with Crippen LogP contribution in [0.25, 0.3) is 0 Å². The van der Waals surface area contributed by atoms with Crippen molar-refractivity contribution >= 4 is 11.4 Å². The molecule has 0 fully saturated rings. The van der Waals surface area contributed by atoms with Crippen molar-refractivity contribution in [2.75, 3.05) is 10.6 Å². The molecule has 2 nitrogen and oxygen atoms in total. The maximum atomic E-state index is 3.17. The summed E-state index contributed by atoms with van der Waals surface area (Å²) in [6.07, 6.45) is 3.75.